The van der Waals surface area contributed by atoms with E-state index in [1.54, 1.807) is 0 Å². The van der Waals surface area contributed by atoms with Crippen LogP contribution >= 0.6 is 11.8 Å². The lowest BCUT2D eigenvalue weighted by molar-refractivity contribution is 0.129. The molecule has 0 aliphatic carbocycles. The molecule has 1 N–H and O–H groups in total. The molecule has 2 nitrogen and oxygen atoms in total. The van der Waals surface area contributed by atoms with Crippen molar-refractivity contribution in [3.8, 4) is 0 Å². The maximum atomic E-state index is 5.59. The first-order valence-electron chi connectivity index (χ1n) is 6.25. The summed E-state index contributed by atoms with van der Waals surface area (Å²) < 4.78 is 5.59. The Labute approximate surface area is 98.5 Å². The molecule has 0 aromatic rings. The highest BCUT2D eigenvalue weighted by Gasteiger charge is 2.14. The SMILES string of the molecule is CCCNC(C)CCSCC1CCCO1. The van der Waals surface area contributed by atoms with E-state index in [9.17, 15) is 0 Å². The van der Waals surface area contributed by atoms with Gasteiger partial charge in [0.1, 0.15) is 0 Å². The van der Waals surface area contributed by atoms with Gasteiger partial charge in [-0.3, -0.25) is 0 Å². The monoisotopic (exact) mass is 231 g/mol. The van der Waals surface area contributed by atoms with Crippen LogP contribution < -0.4 is 5.32 Å². The lowest BCUT2D eigenvalue weighted by Crippen LogP contribution is -2.27. The van der Waals surface area contributed by atoms with Crippen molar-refractivity contribution < 1.29 is 4.74 Å². The Morgan fingerprint density at radius 3 is 3.07 bits per heavy atom. The molecule has 0 aromatic heterocycles. The summed E-state index contributed by atoms with van der Waals surface area (Å²) in [4.78, 5) is 0. The molecule has 0 spiro atoms. The molecule has 1 saturated heterocycles. The van der Waals surface area contributed by atoms with Crippen LogP contribution in [0.15, 0.2) is 0 Å². The van der Waals surface area contributed by atoms with Gasteiger partial charge in [0.15, 0.2) is 0 Å². The Morgan fingerprint density at radius 2 is 2.40 bits per heavy atom. The van der Waals surface area contributed by atoms with Crippen LogP contribution in [0.4, 0.5) is 0 Å². The molecule has 0 bridgehead atoms. The average Bonchev–Trinajstić information content (AvgIpc) is 2.74. The number of thioether (sulfide) groups is 1. The number of hydrogen-bond acceptors (Lipinski definition) is 3. The Morgan fingerprint density at radius 1 is 1.53 bits per heavy atom. The summed E-state index contributed by atoms with van der Waals surface area (Å²) in [6.07, 6.45) is 5.59. The number of nitrogens with one attached hydrogen (secondary N) is 1. The third kappa shape index (κ3) is 6.44. The lowest BCUT2D eigenvalue weighted by Gasteiger charge is -2.13. The average molecular weight is 231 g/mol. The molecule has 0 radical (unpaired) electrons. The Bertz CT molecular complexity index is 149. The van der Waals surface area contributed by atoms with E-state index in [0.29, 0.717) is 12.1 Å². The number of ether oxygens (including phenoxy) is 1. The minimum absolute atomic E-state index is 0.550. The quantitative estimate of drug-likeness (QED) is 0.649. The molecule has 1 fully saturated rings. The maximum Gasteiger partial charge on any atom is 0.0666 e. The number of hydrogen-bond donors (Lipinski definition) is 1. The van der Waals surface area contributed by atoms with Crippen molar-refractivity contribution in [1.82, 2.24) is 5.32 Å². The normalized spacial score (nSPS) is 23.2. The highest BCUT2D eigenvalue weighted by atomic mass is 32.2. The molecule has 1 heterocycles. The van der Waals surface area contributed by atoms with Crippen LogP contribution in [0.3, 0.4) is 0 Å². The van der Waals surface area contributed by atoms with Crippen molar-refractivity contribution in [2.45, 2.75) is 51.7 Å². The van der Waals surface area contributed by atoms with E-state index in [1.807, 2.05) is 11.8 Å². The molecule has 90 valence electrons. The first-order valence-corrected chi connectivity index (χ1v) is 7.41. The Hall–Kier alpha value is 0.270. The fraction of sp³-hybridized carbons (Fsp3) is 1.00. The molecule has 3 heteroatoms. The van der Waals surface area contributed by atoms with Crippen LogP contribution in [-0.2, 0) is 4.74 Å². The van der Waals surface area contributed by atoms with Gasteiger partial charge in [0.05, 0.1) is 6.10 Å². The van der Waals surface area contributed by atoms with Gasteiger partial charge >= 0.3 is 0 Å². The molecule has 15 heavy (non-hydrogen) atoms. The van der Waals surface area contributed by atoms with Crippen molar-refractivity contribution >= 4 is 11.8 Å². The van der Waals surface area contributed by atoms with Crippen LogP contribution in [0, 0.1) is 0 Å². The van der Waals surface area contributed by atoms with Crippen LogP contribution in [-0.4, -0.2) is 36.8 Å². The lowest BCUT2D eigenvalue weighted by atomic mass is 10.2. The summed E-state index contributed by atoms with van der Waals surface area (Å²) in [6, 6.07) is 0.668. The van der Waals surface area contributed by atoms with E-state index >= 15 is 0 Å². The first-order chi connectivity index (χ1) is 7.33. The third-order valence-corrected chi connectivity index (χ3v) is 3.90. The molecule has 0 amide bonds. The molecule has 0 aromatic carbocycles. The van der Waals surface area contributed by atoms with E-state index in [-0.39, 0.29) is 0 Å². The second-order valence-corrected chi connectivity index (χ2v) is 5.50. The fourth-order valence-corrected chi connectivity index (χ4v) is 2.96. The van der Waals surface area contributed by atoms with Gasteiger partial charge in [-0.25, -0.2) is 0 Å². The fourth-order valence-electron chi connectivity index (χ4n) is 1.74. The molecule has 0 saturated carbocycles. The van der Waals surface area contributed by atoms with Gasteiger partial charge in [0.2, 0.25) is 0 Å². The predicted octanol–water partition coefficient (Wildman–Crippen LogP) is 2.68. The summed E-state index contributed by atoms with van der Waals surface area (Å²) >= 11 is 2.05. The summed E-state index contributed by atoms with van der Waals surface area (Å²) in [5, 5.41) is 3.52. The van der Waals surface area contributed by atoms with E-state index in [1.165, 1.54) is 37.2 Å². The van der Waals surface area contributed by atoms with E-state index in [0.717, 1.165) is 13.2 Å². The molecular weight excluding hydrogens is 206 g/mol. The van der Waals surface area contributed by atoms with Crippen LogP contribution in [0.25, 0.3) is 0 Å². The van der Waals surface area contributed by atoms with Crippen molar-refractivity contribution in [3.05, 3.63) is 0 Å². The minimum atomic E-state index is 0.550. The van der Waals surface area contributed by atoms with Gasteiger partial charge in [0, 0.05) is 18.4 Å². The molecular formula is C12H25NOS. The largest absolute Gasteiger partial charge is 0.377 e. The van der Waals surface area contributed by atoms with Gasteiger partial charge in [-0.1, -0.05) is 6.92 Å². The third-order valence-electron chi connectivity index (χ3n) is 2.77. The molecule has 2 unspecified atom stereocenters. The topological polar surface area (TPSA) is 21.3 Å². The van der Waals surface area contributed by atoms with Crippen molar-refractivity contribution in [2.75, 3.05) is 24.7 Å². The van der Waals surface area contributed by atoms with Crippen molar-refractivity contribution in [2.24, 2.45) is 0 Å². The van der Waals surface area contributed by atoms with Gasteiger partial charge < -0.3 is 10.1 Å². The zero-order valence-electron chi connectivity index (χ0n) is 10.1. The molecule has 1 aliphatic heterocycles. The summed E-state index contributed by atoms with van der Waals surface area (Å²) in [5.41, 5.74) is 0. The van der Waals surface area contributed by atoms with E-state index in [4.69, 9.17) is 4.74 Å². The summed E-state index contributed by atoms with van der Waals surface area (Å²) in [6.45, 7) is 6.63. The van der Waals surface area contributed by atoms with Gasteiger partial charge in [-0.15, -0.1) is 0 Å². The van der Waals surface area contributed by atoms with Gasteiger partial charge in [-0.05, 0) is 44.9 Å². The summed E-state index contributed by atoms with van der Waals surface area (Å²) in [7, 11) is 0. The van der Waals surface area contributed by atoms with Gasteiger partial charge in [0.25, 0.3) is 0 Å². The van der Waals surface area contributed by atoms with Gasteiger partial charge in [-0.2, -0.15) is 11.8 Å². The van der Waals surface area contributed by atoms with Crippen LogP contribution in [0.1, 0.15) is 39.5 Å². The highest BCUT2D eigenvalue weighted by molar-refractivity contribution is 7.99. The predicted molar refractivity (Wildman–Crippen MR) is 68.7 cm³/mol. The summed E-state index contributed by atoms with van der Waals surface area (Å²) in [5.74, 6) is 2.46. The first kappa shape index (κ1) is 13.3. The highest BCUT2D eigenvalue weighted by Crippen LogP contribution is 2.17. The van der Waals surface area contributed by atoms with E-state index in [2.05, 4.69) is 19.2 Å². The standard InChI is InChI=1S/C12H25NOS/c1-3-7-13-11(2)6-9-15-10-12-5-4-8-14-12/h11-13H,3-10H2,1-2H3. The Kier molecular flexibility index (Phi) is 7.49. The smallest absolute Gasteiger partial charge is 0.0666 e. The Balaban J connectivity index is 1.87. The maximum absolute atomic E-state index is 5.59. The molecule has 2 atom stereocenters. The van der Waals surface area contributed by atoms with E-state index < -0.39 is 0 Å². The molecule has 1 aliphatic rings. The van der Waals surface area contributed by atoms with Crippen molar-refractivity contribution in [1.29, 1.82) is 0 Å². The molecule has 1 rings (SSSR count). The zero-order valence-corrected chi connectivity index (χ0v) is 10.9. The second-order valence-electron chi connectivity index (χ2n) is 4.35. The van der Waals surface area contributed by atoms with Crippen molar-refractivity contribution in [3.63, 3.8) is 0 Å². The minimum Gasteiger partial charge on any atom is -0.377 e. The zero-order chi connectivity index (χ0) is 10.9. The second kappa shape index (κ2) is 8.43. The van der Waals surface area contributed by atoms with Crippen LogP contribution in [0.5, 0.6) is 0 Å². The number of rotatable bonds is 8. The van der Waals surface area contributed by atoms with Crippen LogP contribution in [0.2, 0.25) is 0 Å².